The van der Waals surface area contributed by atoms with Crippen molar-refractivity contribution < 1.29 is 39.9 Å². The number of H-pyrrole nitrogens is 2. The molecule has 0 saturated heterocycles. The van der Waals surface area contributed by atoms with E-state index in [0.29, 0.717) is 0 Å². The Morgan fingerprint density at radius 3 is 1.04 bits per heavy atom. The van der Waals surface area contributed by atoms with Gasteiger partial charge >= 0.3 is 0 Å². The molecule has 4 nitrogen and oxygen atoms in total. The van der Waals surface area contributed by atoms with Crippen molar-refractivity contribution in [3.05, 3.63) is 71.3 Å². The van der Waals surface area contributed by atoms with Crippen LogP contribution in [0.3, 0.4) is 0 Å². The molecule has 0 fully saturated rings. The number of aromatic nitrogens is 4. The molecule has 0 amide bonds. The predicted octanol–water partition coefficient (Wildman–Crippen LogP) is 4.65. The summed E-state index contributed by atoms with van der Waals surface area (Å²) in [6.07, 6.45) is 8.09. The minimum Gasteiger partial charge on any atom is -0.355 e. The van der Waals surface area contributed by atoms with Gasteiger partial charge in [-0.05, 0) is 72.8 Å². The van der Waals surface area contributed by atoms with Crippen molar-refractivity contribution in [2.45, 2.75) is 0 Å². The molecule has 0 atom stereocenters. The van der Waals surface area contributed by atoms with Crippen LogP contribution in [0, 0.1) is 0 Å². The summed E-state index contributed by atoms with van der Waals surface area (Å²) in [7, 11) is 0. The van der Waals surface area contributed by atoms with E-state index in [0.717, 1.165) is 44.8 Å². The number of hydrogen-bond acceptors (Lipinski definition) is 2. The van der Waals surface area contributed by atoms with Crippen LogP contribution < -0.4 is 0 Å². The molecule has 3 aromatic heterocycles. The molecule has 0 aliphatic carbocycles. The smallest absolute Gasteiger partial charge is 0.0658 e. The number of nitrogens with zero attached hydrogens (tertiary/aromatic N) is 2. The van der Waals surface area contributed by atoms with Crippen molar-refractivity contribution in [3.63, 3.8) is 0 Å². The van der Waals surface area contributed by atoms with Gasteiger partial charge in [-0.25, -0.2) is 9.97 Å². The average Bonchev–Trinajstić information content (AvgIpc) is 3.32. The van der Waals surface area contributed by atoms with E-state index in [4.69, 9.17) is 0 Å². The fourth-order valence-corrected chi connectivity index (χ4v) is 2.94. The summed E-state index contributed by atoms with van der Waals surface area (Å²) in [5, 5.41) is 0. The summed E-state index contributed by atoms with van der Waals surface area (Å²) in [6, 6.07) is 16.4. The molecule has 6 heteroatoms. The number of rotatable bonds is 0. The molecule has 2 N–H and O–H groups in total. The fourth-order valence-electron chi connectivity index (χ4n) is 2.94. The van der Waals surface area contributed by atoms with Gasteiger partial charge < -0.3 is 9.97 Å². The van der Waals surface area contributed by atoms with Crippen LogP contribution in [0.15, 0.2) is 48.5 Å². The molecular formula is C20H14N4PdZn. The largest absolute Gasteiger partial charge is 0.355 e. The third kappa shape index (κ3) is 3.84. The molecule has 0 saturated carbocycles. The normalized spacial score (nSPS) is 11.7. The first-order chi connectivity index (χ1) is 11.8. The van der Waals surface area contributed by atoms with Crippen LogP contribution >= 0.6 is 0 Å². The summed E-state index contributed by atoms with van der Waals surface area (Å²) in [4.78, 5) is 16.0. The second-order valence-corrected chi connectivity index (χ2v) is 5.91. The Balaban J connectivity index is 0.000000980. The Hall–Kier alpha value is -2.11. The maximum Gasteiger partial charge on any atom is 0.0658 e. The van der Waals surface area contributed by atoms with Crippen LogP contribution in [-0.4, -0.2) is 19.9 Å². The Kier molecular flexibility index (Phi) is 5.48. The second kappa shape index (κ2) is 7.64. The van der Waals surface area contributed by atoms with Gasteiger partial charge in [0.1, 0.15) is 0 Å². The third-order valence-corrected chi connectivity index (χ3v) is 4.04. The van der Waals surface area contributed by atoms with Crippen LogP contribution in [0.5, 0.6) is 0 Å². The zero-order valence-corrected chi connectivity index (χ0v) is 18.4. The first kappa shape index (κ1) is 18.7. The summed E-state index contributed by atoms with van der Waals surface area (Å²) in [5.41, 5.74) is 7.86. The maximum atomic E-state index is 4.63. The van der Waals surface area contributed by atoms with Crippen LogP contribution in [0.2, 0.25) is 0 Å². The van der Waals surface area contributed by atoms with Gasteiger partial charge in [0.15, 0.2) is 0 Å². The van der Waals surface area contributed by atoms with Gasteiger partial charge in [-0.2, -0.15) is 0 Å². The monoisotopic (exact) mass is 480 g/mol. The van der Waals surface area contributed by atoms with Gasteiger partial charge in [0.2, 0.25) is 0 Å². The number of hydrogen-bond donors (Lipinski definition) is 2. The minimum atomic E-state index is 0. The van der Waals surface area contributed by atoms with E-state index >= 15 is 0 Å². The molecule has 126 valence electrons. The van der Waals surface area contributed by atoms with Crippen molar-refractivity contribution in [1.82, 2.24) is 19.9 Å². The summed E-state index contributed by atoms with van der Waals surface area (Å²) < 4.78 is 0. The molecule has 5 heterocycles. The van der Waals surface area contributed by atoms with E-state index in [-0.39, 0.29) is 39.9 Å². The van der Waals surface area contributed by atoms with Gasteiger partial charge in [-0.15, -0.1) is 0 Å². The topological polar surface area (TPSA) is 57.4 Å². The van der Waals surface area contributed by atoms with Crippen molar-refractivity contribution in [3.8, 4) is 0 Å². The van der Waals surface area contributed by atoms with Gasteiger partial charge in [0, 0.05) is 62.0 Å². The van der Waals surface area contributed by atoms with Gasteiger partial charge in [-0.1, -0.05) is 0 Å². The Morgan fingerprint density at radius 2 is 0.769 bits per heavy atom. The van der Waals surface area contributed by atoms with Crippen molar-refractivity contribution >= 4 is 46.4 Å². The van der Waals surface area contributed by atoms with E-state index in [1.165, 1.54) is 0 Å². The summed E-state index contributed by atoms with van der Waals surface area (Å²) >= 11 is 0. The van der Waals surface area contributed by atoms with Gasteiger partial charge in [0.05, 0.1) is 22.8 Å². The molecule has 0 spiro atoms. The van der Waals surface area contributed by atoms with Crippen molar-refractivity contribution in [1.29, 1.82) is 0 Å². The second-order valence-electron chi connectivity index (χ2n) is 5.91. The van der Waals surface area contributed by atoms with Crippen LogP contribution in [-0.2, 0) is 39.9 Å². The zero-order valence-electron chi connectivity index (χ0n) is 13.8. The molecule has 0 radical (unpaired) electrons. The van der Waals surface area contributed by atoms with E-state index in [1.54, 1.807) is 0 Å². The fraction of sp³-hybridized carbons (Fsp3) is 0. The molecular weight excluding hydrogens is 468 g/mol. The minimum absolute atomic E-state index is 0. The van der Waals surface area contributed by atoms with Crippen LogP contribution in [0.25, 0.3) is 46.4 Å². The van der Waals surface area contributed by atoms with E-state index in [1.807, 2.05) is 48.6 Å². The van der Waals surface area contributed by atoms with Crippen LogP contribution in [0.4, 0.5) is 0 Å². The molecule has 26 heavy (non-hydrogen) atoms. The van der Waals surface area contributed by atoms with E-state index in [9.17, 15) is 0 Å². The molecule has 3 aromatic rings. The zero-order chi connectivity index (χ0) is 15.9. The Labute approximate surface area is 176 Å². The van der Waals surface area contributed by atoms with Gasteiger partial charge in [-0.3, -0.25) is 0 Å². The molecule has 0 unspecified atom stereocenters. The standard InChI is InChI=1S/C20H14N4.Pd.Zn/c1-2-14-10-16-5-6-18(23-16)12-20-8-7-19(24-20)11-17-4-3-15(22-17)9-13(1)21-14;;/h1-12,21,24H;;. The summed E-state index contributed by atoms with van der Waals surface area (Å²) in [5.74, 6) is 0. The number of aromatic amines is 2. The molecule has 2 aliphatic heterocycles. The molecule has 5 rings (SSSR count). The first-order valence-corrected chi connectivity index (χ1v) is 7.85. The quantitative estimate of drug-likeness (QED) is 0.316. The maximum absolute atomic E-state index is 4.63. The molecule has 0 aromatic carbocycles. The Bertz CT molecular complexity index is 996. The first-order valence-electron chi connectivity index (χ1n) is 7.85. The van der Waals surface area contributed by atoms with E-state index in [2.05, 4.69) is 44.2 Å². The average molecular weight is 482 g/mol. The predicted molar refractivity (Wildman–Crippen MR) is 98.9 cm³/mol. The van der Waals surface area contributed by atoms with Gasteiger partial charge in [0.25, 0.3) is 0 Å². The van der Waals surface area contributed by atoms with Crippen LogP contribution in [0.1, 0.15) is 22.8 Å². The summed E-state index contributed by atoms with van der Waals surface area (Å²) in [6.45, 7) is 0. The van der Waals surface area contributed by atoms with Crippen molar-refractivity contribution in [2.24, 2.45) is 0 Å². The van der Waals surface area contributed by atoms with E-state index < -0.39 is 0 Å². The number of nitrogens with one attached hydrogen (secondary N) is 2. The molecule has 2 aliphatic rings. The Morgan fingerprint density at radius 1 is 0.500 bits per heavy atom. The SMILES string of the molecule is C1=Cc2cc3ccc(cc4nc(cc5ccc(cc1n2)[nH]5)C=C4)[nH]3.[Pd].[Zn]. The number of fused-ring (bicyclic) bond motifs is 8. The third-order valence-electron chi connectivity index (χ3n) is 4.04. The molecule has 8 bridgehead atoms. The van der Waals surface area contributed by atoms with Crippen molar-refractivity contribution in [2.75, 3.05) is 0 Å².